The SMILES string of the molecule is O=S1(=O)CC[C@H](n2nc(CC3CC3)nc2Cc2cccc(F)c2F)C1. The minimum absolute atomic E-state index is 0.0257. The van der Waals surface area contributed by atoms with Gasteiger partial charge < -0.3 is 0 Å². The van der Waals surface area contributed by atoms with Gasteiger partial charge in [0.05, 0.1) is 17.5 Å². The Labute approximate surface area is 145 Å². The molecule has 1 aliphatic carbocycles. The van der Waals surface area contributed by atoms with E-state index in [-0.39, 0.29) is 29.5 Å². The first kappa shape index (κ1) is 16.6. The summed E-state index contributed by atoms with van der Waals surface area (Å²) in [6, 6.07) is 3.77. The zero-order valence-corrected chi connectivity index (χ0v) is 14.5. The number of benzene rings is 1. The Morgan fingerprint density at radius 2 is 2.00 bits per heavy atom. The minimum atomic E-state index is -3.07. The minimum Gasteiger partial charge on any atom is -0.245 e. The Kier molecular flexibility index (Phi) is 4.10. The van der Waals surface area contributed by atoms with Gasteiger partial charge >= 0.3 is 0 Å². The van der Waals surface area contributed by atoms with Crippen molar-refractivity contribution in [1.82, 2.24) is 14.8 Å². The maximum absolute atomic E-state index is 14.0. The molecule has 2 fully saturated rings. The first-order chi connectivity index (χ1) is 11.9. The summed E-state index contributed by atoms with van der Waals surface area (Å²) in [5.74, 6) is 0.119. The highest BCUT2D eigenvalue weighted by molar-refractivity contribution is 7.91. The fraction of sp³-hybridized carbons (Fsp3) is 0.529. The van der Waals surface area contributed by atoms with Crippen molar-refractivity contribution in [1.29, 1.82) is 0 Å². The lowest BCUT2D eigenvalue weighted by molar-refractivity contribution is 0.471. The van der Waals surface area contributed by atoms with Crippen LogP contribution in [0.15, 0.2) is 18.2 Å². The van der Waals surface area contributed by atoms with Crippen LogP contribution in [0.2, 0.25) is 0 Å². The lowest BCUT2D eigenvalue weighted by Crippen LogP contribution is -2.16. The zero-order valence-electron chi connectivity index (χ0n) is 13.7. The summed E-state index contributed by atoms with van der Waals surface area (Å²) in [7, 11) is -3.07. The molecule has 0 unspecified atom stereocenters. The Hall–Kier alpha value is -1.83. The normalized spacial score (nSPS) is 22.4. The highest BCUT2D eigenvalue weighted by Crippen LogP contribution is 2.32. The number of halogens is 2. The molecule has 1 atom stereocenters. The van der Waals surface area contributed by atoms with Gasteiger partial charge in [-0.15, -0.1) is 0 Å². The van der Waals surface area contributed by atoms with Crippen LogP contribution in [0, 0.1) is 17.6 Å². The van der Waals surface area contributed by atoms with Crippen molar-refractivity contribution >= 4 is 9.84 Å². The predicted octanol–water partition coefficient (Wildman–Crippen LogP) is 2.46. The van der Waals surface area contributed by atoms with Gasteiger partial charge in [-0.3, -0.25) is 0 Å². The molecule has 25 heavy (non-hydrogen) atoms. The van der Waals surface area contributed by atoms with Crippen molar-refractivity contribution in [3.8, 4) is 0 Å². The molecule has 0 bridgehead atoms. The fourth-order valence-electron chi connectivity index (χ4n) is 3.31. The van der Waals surface area contributed by atoms with E-state index in [0.29, 0.717) is 24.0 Å². The maximum Gasteiger partial charge on any atom is 0.162 e. The molecule has 0 N–H and O–H groups in total. The molecule has 4 rings (SSSR count). The van der Waals surface area contributed by atoms with E-state index in [0.717, 1.165) is 25.3 Å². The van der Waals surface area contributed by atoms with E-state index in [9.17, 15) is 17.2 Å². The monoisotopic (exact) mass is 367 g/mol. The average molecular weight is 367 g/mol. The lowest BCUT2D eigenvalue weighted by Gasteiger charge is -2.12. The highest BCUT2D eigenvalue weighted by Gasteiger charge is 2.33. The first-order valence-corrected chi connectivity index (χ1v) is 10.3. The van der Waals surface area contributed by atoms with E-state index in [1.54, 1.807) is 4.68 Å². The van der Waals surface area contributed by atoms with Gasteiger partial charge in [0.1, 0.15) is 5.82 Å². The maximum atomic E-state index is 14.0. The van der Waals surface area contributed by atoms with Gasteiger partial charge in [-0.25, -0.2) is 26.9 Å². The van der Waals surface area contributed by atoms with E-state index in [4.69, 9.17) is 0 Å². The number of hydrogen-bond acceptors (Lipinski definition) is 4. The molecule has 0 amide bonds. The number of aromatic nitrogens is 3. The lowest BCUT2D eigenvalue weighted by atomic mass is 10.1. The molecule has 1 aromatic carbocycles. The summed E-state index contributed by atoms with van der Waals surface area (Å²) in [4.78, 5) is 4.52. The molecule has 1 aromatic heterocycles. The van der Waals surface area contributed by atoms with Crippen molar-refractivity contribution in [2.24, 2.45) is 5.92 Å². The van der Waals surface area contributed by atoms with Gasteiger partial charge in [0, 0.05) is 12.8 Å². The topological polar surface area (TPSA) is 64.8 Å². The van der Waals surface area contributed by atoms with Crippen LogP contribution in [0.1, 0.15) is 42.5 Å². The van der Waals surface area contributed by atoms with Gasteiger partial charge in [-0.05, 0) is 36.8 Å². The number of nitrogens with zero attached hydrogens (tertiary/aromatic N) is 3. The third-order valence-electron chi connectivity index (χ3n) is 4.85. The third-order valence-corrected chi connectivity index (χ3v) is 6.60. The molecular formula is C17H19F2N3O2S. The van der Waals surface area contributed by atoms with Crippen molar-refractivity contribution < 1.29 is 17.2 Å². The predicted molar refractivity (Wildman–Crippen MR) is 87.9 cm³/mol. The second kappa shape index (κ2) is 6.16. The van der Waals surface area contributed by atoms with Crippen LogP contribution >= 0.6 is 0 Å². The average Bonchev–Trinajstić information content (AvgIpc) is 3.16. The Bertz CT molecular complexity index is 907. The van der Waals surface area contributed by atoms with Gasteiger partial charge in [-0.2, -0.15) is 5.10 Å². The van der Waals surface area contributed by atoms with Gasteiger partial charge in [0.15, 0.2) is 27.3 Å². The summed E-state index contributed by atoms with van der Waals surface area (Å²) in [6.07, 6.45) is 3.64. The summed E-state index contributed by atoms with van der Waals surface area (Å²) in [5.41, 5.74) is 0.201. The molecule has 2 aromatic rings. The summed E-state index contributed by atoms with van der Waals surface area (Å²) < 4.78 is 52.7. The van der Waals surface area contributed by atoms with E-state index < -0.39 is 21.5 Å². The second-order valence-electron chi connectivity index (χ2n) is 6.98. The standard InChI is InChI=1S/C17H19F2N3O2S/c18-14-3-1-2-12(17(14)19)9-16-20-15(8-11-4-5-11)21-22(16)13-6-7-25(23,24)10-13/h1-3,11,13H,4-10H2/t13-/m0/s1. The fourth-order valence-corrected chi connectivity index (χ4v) is 5.00. The van der Waals surface area contributed by atoms with Crippen molar-refractivity contribution in [3.63, 3.8) is 0 Å². The van der Waals surface area contributed by atoms with Crippen LogP contribution in [-0.2, 0) is 22.7 Å². The molecule has 0 radical (unpaired) electrons. The van der Waals surface area contributed by atoms with Crippen LogP contribution in [0.25, 0.3) is 0 Å². The number of hydrogen-bond donors (Lipinski definition) is 0. The third kappa shape index (κ3) is 3.58. The van der Waals surface area contributed by atoms with Crippen LogP contribution in [-0.4, -0.2) is 34.7 Å². The summed E-state index contributed by atoms with van der Waals surface area (Å²) >= 11 is 0. The van der Waals surface area contributed by atoms with Crippen LogP contribution < -0.4 is 0 Å². The van der Waals surface area contributed by atoms with E-state index in [1.165, 1.54) is 12.1 Å². The summed E-state index contributed by atoms with van der Waals surface area (Å²) in [6.45, 7) is 0. The Morgan fingerprint density at radius 1 is 1.20 bits per heavy atom. The Morgan fingerprint density at radius 3 is 2.68 bits per heavy atom. The molecular weight excluding hydrogens is 348 g/mol. The van der Waals surface area contributed by atoms with Gasteiger partial charge in [0.2, 0.25) is 0 Å². The molecule has 134 valence electrons. The van der Waals surface area contributed by atoms with Crippen molar-refractivity contribution in [2.45, 2.75) is 38.1 Å². The molecule has 0 spiro atoms. The zero-order chi connectivity index (χ0) is 17.6. The molecule has 2 aliphatic rings. The molecule has 1 aliphatic heterocycles. The summed E-state index contributed by atoms with van der Waals surface area (Å²) in [5, 5.41) is 4.51. The van der Waals surface area contributed by atoms with Crippen LogP contribution in [0.3, 0.4) is 0 Å². The van der Waals surface area contributed by atoms with Gasteiger partial charge in [-0.1, -0.05) is 12.1 Å². The van der Waals surface area contributed by atoms with E-state index in [2.05, 4.69) is 10.1 Å². The van der Waals surface area contributed by atoms with E-state index >= 15 is 0 Å². The van der Waals surface area contributed by atoms with Crippen molar-refractivity contribution in [2.75, 3.05) is 11.5 Å². The molecule has 8 heteroatoms. The second-order valence-corrected chi connectivity index (χ2v) is 9.21. The van der Waals surface area contributed by atoms with E-state index in [1.807, 2.05) is 0 Å². The smallest absolute Gasteiger partial charge is 0.162 e. The van der Waals surface area contributed by atoms with Crippen LogP contribution in [0.4, 0.5) is 8.78 Å². The largest absolute Gasteiger partial charge is 0.245 e. The Balaban J connectivity index is 1.67. The highest BCUT2D eigenvalue weighted by atomic mass is 32.2. The molecule has 2 heterocycles. The van der Waals surface area contributed by atoms with Crippen molar-refractivity contribution in [3.05, 3.63) is 47.0 Å². The quantitative estimate of drug-likeness (QED) is 0.814. The molecule has 1 saturated heterocycles. The number of sulfone groups is 1. The van der Waals surface area contributed by atoms with Gasteiger partial charge in [0.25, 0.3) is 0 Å². The number of rotatable bonds is 5. The van der Waals surface area contributed by atoms with Crippen LogP contribution in [0.5, 0.6) is 0 Å². The molecule has 5 nitrogen and oxygen atoms in total. The first-order valence-electron chi connectivity index (χ1n) is 8.49. The molecule has 1 saturated carbocycles.